The van der Waals surface area contributed by atoms with Crippen molar-refractivity contribution in [1.29, 1.82) is 0 Å². The molecule has 1 aromatic heterocycles. The highest BCUT2D eigenvalue weighted by molar-refractivity contribution is 7.84. The van der Waals surface area contributed by atoms with E-state index in [1.807, 2.05) is 0 Å². The lowest BCUT2D eigenvalue weighted by atomic mass is 9.97. The van der Waals surface area contributed by atoms with Crippen LogP contribution in [0.4, 0.5) is 9.93 Å². The molecule has 2 fully saturated rings. The van der Waals surface area contributed by atoms with E-state index in [1.165, 1.54) is 5.38 Å². The number of carboxylic acids is 1. The molecule has 5 N–H and O–H groups in total. The van der Waals surface area contributed by atoms with Gasteiger partial charge in [0.15, 0.2) is 10.8 Å². The maximum absolute atomic E-state index is 12.7. The number of nitrogens with two attached hydrogens (primary N) is 1. The first-order chi connectivity index (χ1) is 15.0. The van der Waals surface area contributed by atoms with Gasteiger partial charge in [-0.15, -0.1) is 11.3 Å². The largest absolute Gasteiger partial charge is 0.479 e. The number of nitrogens with one attached hydrogen (secondary N) is 1. The van der Waals surface area contributed by atoms with Gasteiger partial charge in [-0.1, -0.05) is 5.16 Å². The standard InChI is InChI=1S/C14H16N6O10S2/c15-13-16-6(5-31-13)9(18-30-4-8(21)22)11(23)17-10-7(3-19-1-2-29-14(19)25)20(12(10)24)32(26,27)28/h5,7,10H,1-4H2,(H2,15,16)(H,17,23)(H,21,22)(H,26,27,28)/b18-9-/t7?,10-/m0/s1. The zero-order valence-corrected chi connectivity index (χ0v) is 17.5. The van der Waals surface area contributed by atoms with E-state index < -0.39 is 58.6 Å². The zero-order chi connectivity index (χ0) is 23.6. The smallest absolute Gasteiger partial charge is 0.410 e. The molecule has 0 spiro atoms. The zero-order valence-electron chi connectivity index (χ0n) is 15.9. The molecule has 0 saturated carbocycles. The molecular weight excluding hydrogens is 476 g/mol. The van der Waals surface area contributed by atoms with Gasteiger partial charge in [0.2, 0.25) is 6.61 Å². The highest BCUT2D eigenvalue weighted by Gasteiger charge is 2.55. The van der Waals surface area contributed by atoms with E-state index in [-0.39, 0.29) is 34.8 Å². The van der Waals surface area contributed by atoms with Crippen LogP contribution in [0.15, 0.2) is 10.5 Å². The van der Waals surface area contributed by atoms with E-state index in [0.717, 1.165) is 16.2 Å². The number of oxime groups is 1. The molecule has 18 heteroatoms. The molecular formula is C14H16N6O10S2. The van der Waals surface area contributed by atoms with Gasteiger partial charge in [0.25, 0.3) is 11.8 Å². The number of carbonyl (C=O) groups is 4. The molecule has 174 valence electrons. The third-order valence-corrected chi connectivity index (χ3v) is 5.90. The minimum absolute atomic E-state index is 0.0470. The van der Waals surface area contributed by atoms with Crippen LogP contribution in [0.3, 0.4) is 0 Å². The molecule has 1 aromatic rings. The molecule has 0 aliphatic carbocycles. The maximum atomic E-state index is 12.7. The summed E-state index contributed by atoms with van der Waals surface area (Å²) in [6.45, 7) is -1.08. The molecule has 3 amide bonds. The van der Waals surface area contributed by atoms with Crippen LogP contribution in [0, 0.1) is 0 Å². The maximum Gasteiger partial charge on any atom is 0.410 e. The first kappa shape index (κ1) is 23.2. The van der Waals surface area contributed by atoms with Crippen LogP contribution in [0.1, 0.15) is 5.69 Å². The third kappa shape index (κ3) is 4.86. The SMILES string of the molecule is Nc1nc(/C(=N/OCC(=O)O)C(=O)N[C@@H]2C(=O)N(S(=O)(=O)O)C2CN2CCOC2=O)cs1. The summed E-state index contributed by atoms with van der Waals surface area (Å²) in [4.78, 5) is 56.9. The predicted octanol–water partition coefficient (Wildman–Crippen LogP) is -2.52. The van der Waals surface area contributed by atoms with Crippen LogP contribution < -0.4 is 11.1 Å². The van der Waals surface area contributed by atoms with Crippen LogP contribution in [0.2, 0.25) is 0 Å². The van der Waals surface area contributed by atoms with E-state index in [9.17, 15) is 32.1 Å². The van der Waals surface area contributed by atoms with Crippen molar-refractivity contribution in [3.63, 3.8) is 0 Å². The number of anilines is 1. The Morgan fingerprint density at radius 1 is 1.44 bits per heavy atom. The van der Waals surface area contributed by atoms with Crippen LogP contribution in [0.5, 0.6) is 0 Å². The minimum atomic E-state index is -4.98. The first-order valence-electron chi connectivity index (χ1n) is 8.65. The molecule has 0 bridgehead atoms. The van der Waals surface area contributed by atoms with Crippen molar-refractivity contribution in [2.24, 2.45) is 5.16 Å². The lowest BCUT2D eigenvalue weighted by Gasteiger charge is -2.45. The number of aliphatic carboxylic acids is 1. The van der Waals surface area contributed by atoms with E-state index in [1.54, 1.807) is 0 Å². The van der Waals surface area contributed by atoms with Crippen molar-refractivity contribution in [3.8, 4) is 0 Å². The number of carbonyl (C=O) groups excluding carboxylic acids is 3. The molecule has 2 atom stereocenters. The molecule has 1 unspecified atom stereocenters. The predicted molar refractivity (Wildman–Crippen MR) is 104 cm³/mol. The summed E-state index contributed by atoms with van der Waals surface area (Å²) in [6, 6.07) is -2.81. The lowest BCUT2D eigenvalue weighted by molar-refractivity contribution is -0.145. The molecule has 2 aliphatic heterocycles. The van der Waals surface area contributed by atoms with E-state index in [4.69, 9.17) is 15.6 Å². The third-order valence-electron chi connectivity index (χ3n) is 4.28. The van der Waals surface area contributed by atoms with Crippen LogP contribution in [-0.4, -0.2) is 100 Å². The Morgan fingerprint density at radius 3 is 2.69 bits per heavy atom. The van der Waals surface area contributed by atoms with E-state index in [2.05, 4.69) is 20.3 Å². The number of carboxylic acid groups (broad SMARTS) is 1. The summed E-state index contributed by atoms with van der Waals surface area (Å²) < 4.78 is 37.4. The number of nitrogens with zero attached hydrogens (tertiary/aromatic N) is 4. The fraction of sp³-hybridized carbons (Fsp3) is 0.429. The second kappa shape index (κ2) is 8.93. The molecule has 0 aromatic carbocycles. The number of hydrogen-bond donors (Lipinski definition) is 4. The summed E-state index contributed by atoms with van der Waals surface area (Å²) in [5.41, 5.74) is 4.91. The number of cyclic esters (lactones) is 1. The molecule has 0 radical (unpaired) electrons. The number of nitrogen functional groups attached to an aromatic ring is 1. The summed E-state index contributed by atoms with van der Waals surface area (Å²) in [5, 5.41) is 15.7. The number of hydrogen-bond acceptors (Lipinski definition) is 12. The summed E-state index contributed by atoms with van der Waals surface area (Å²) in [6.07, 6.45) is -0.757. The normalized spacial score (nSPS) is 21.2. The fourth-order valence-electron chi connectivity index (χ4n) is 2.92. The van der Waals surface area contributed by atoms with Gasteiger partial charge < -0.3 is 30.6 Å². The Bertz CT molecular complexity index is 1090. The van der Waals surface area contributed by atoms with Gasteiger partial charge in [-0.05, 0) is 0 Å². The average Bonchev–Trinajstić information content (AvgIpc) is 3.29. The number of rotatable bonds is 9. The number of β-lactam (4-membered cyclic amide) rings is 1. The number of amides is 3. The number of ether oxygens (including phenoxy) is 1. The fourth-order valence-corrected chi connectivity index (χ4v) is 4.34. The second-order valence-electron chi connectivity index (χ2n) is 6.37. The Kier molecular flexibility index (Phi) is 6.46. The molecule has 3 heterocycles. The molecule has 16 nitrogen and oxygen atoms in total. The van der Waals surface area contributed by atoms with Crippen molar-refractivity contribution in [2.45, 2.75) is 12.1 Å². The van der Waals surface area contributed by atoms with E-state index in [0.29, 0.717) is 0 Å². The molecule has 2 aliphatic rings. The van der Waals surface area contributed by atoms with Crippen molar-refractivity contribution >= 4 is 56.4 Å². The first-order valence-corrected chi connectivity index (χ1v) is 10.9. The highest BCUT2D eigenvalue weighted by atomic mass is 32.2. The van der Waals surface area contributed by atoms with Crippen molar-refractivity contribution < 1.29 is 46.8 Å². The van der Waals surface area contributed by atoms with Gasteiger partial charge in [0.05, 0.1) is 12.6 Å². The van der Waals surface area contributed by atoms with Crippen molar-refractivity contribution in [2.75, 3.05) is 32.0 Å². The van der Waals surface area contributed by atoms with Gasteiger partial charge in [-0.3, -0.25) is 14.1 Å². The van der Waals surface area contributed by atoms with Gasteiger partial charge in [0, 0.05) is 11.9 Å². The Hall–Kier alpha value is -3.51. The quantitative estimate of drug-likeness (QED) is 0.121. The van der Waals surface area contributed by atoms with Crippen LogP contribution >= 0.6 is 11.3 Å². The highest BCUT2D eigenvalue weighted by Crippen LogP contribution is 2.26. The summed E-state index contributed by atoms with van der Waals surface area (Å²) >= 11 is 0.943. The van der Waals surface area contributed by atoms with Gasteiger partial charge in [-0.25, -0.2) is 18.9 Å². The van der Waals surface area contributed by atoms with Crippen molar-refractivity contribution in [3.05, 3.63) is 11.1 Å². The van der Waals surface area contributed by atoms with Gasteiger partial charge >= 0.3 is 22.4 Å². The Morgan fingerprint density at radius 2 is 2.16 bits per heavy atom. The van der Waals surface area contributed by atoms with Crippen LogP contribution in [0.25, 0.3) is 0 Å². The average molecular weight is 492 g/mol. The summed E-state index contributed by atoms with van der Waals surface area (Å²) in [7, 11) is -4.98. The lowest BCUT2D eigenvalue weighted by Crippen LogP contribution is -2.74. The minimum Gasteiger partial charge on any atom is -0.479 e. The monoisotopic (exact) mass is 492 g/mol. The van der Waals surface area contributed by atoms with Gasteiger partial charge in [-0.2, -0.15) is 8.42 Å². The summed E-state index contributed by atoms with van der Waals surface area (Å²) in [5.74, 6) is -3.60. The van der Waals surface area contributed by atoms with Crippen LogP contribution in [-0.2, 0) is 34.3 Å². The second-order valence-corrected chi connectivity index (χ2v) is 8.55. The topological polar surface area (TPSA) is 231 Å². The van der Waals surface area contributed by atoms with E-state index >= 15 is 0 Å². The number of thiazole rings is 1. The molecule has 32 heavy (non-hydrogen) atoms. The number of aromatic nitrogens is 1. The Balaban J connectivity index is 1.82. The molecule has 3 rings (SSSR count). The van der Waals surface area contributed by atoms with Crippen molar-refractivity contribution in [1.82, 2.24) is 19.5 Å². The molecule has 2 saturated heterocycles. The van der Waals surface area contributed by atoms with Gasteiger partial charge in [0.1, 0.15) is 18.3 Å². The Labute approximate surface area is 183 Å².